The summed E-state index contributed by atoms with van der Waals surface area (Å²) < 4.78 is 79.4. The summed E-state index contributed by atoms with van der Waals surface area (Å²) in [5, 5.41) is 38.4. The second kappa shape index (κ2) is 18.4. The van der Waals surface area contributed by atoms with Gasteiger partial charge in [0.1, 0.15) is 11.5 Å². The number of hydrogen-bond acceptors (Lipinski definition) is 8. The minimum absolute atomic E-state index is 0. The summed E-state index contributed by atoms with van der Waals surface area (Å²) in [6.07, 6.45) is -3.71. The van der Waals surface area contributed by atoms with Crippen molar-refractivity contribution in [1.29, 1.82) is 0 Å². The van der Waals surface area contributed by atoms with Crippen LogP contribution in [0, 0.1) is 0 Å². The van der Waals surface area contributed by atoms with Crippen LogP contribution in [0.3, 0.4) is 0 Å². The SMILES string of the molecule is CC(=O)[O-].CC(=O)[O-].CCc1cc(C(F)(F)F)cc(C=NC2CCCC(N=Cc3cc(C(F)(F)F)cc(CC)c3O)C2)c1O.[Co+2]. The minimum Gasteiger partial charge on any atom is -0.550 e. The van der Waals surface area contributed by atoms with Gasteiger partial charge in [-0.25, -0.2) is 0 Å². The maximum atomic E-state index is 13.2. The molecule has 0 bridgehead atoms. The molecule has 0 heterocycles. The van der Waals surface area contributed by atoms with Gasteiger partial charge in [0.15, 0.2) is 0 Å². The number of aliphatic imine (C=N–C) groups is 2. The van der Waals surface area contributed by atoms with E-state index in [1.54, 1.807) is 13.8 Å². The Kier molecular flexibility index (Phi) is 16.9. The van der Waals surface area contributed by atoms with Crippen molar-refractivity contribution < 1.29 is 73.1 Å². The van der Waals surface area contributed by atoms with Crippen molar-refractivity contribution in [3.05, 3.63) is 57.6 Å². The first-order valence-electron chi connectivity index (χ1n) is 13.6. The number of benzene rings is 2. The van der Waals surface area contributed by atoms with Gasteiger partial charge < -0.3 is 30.0 Å². The summed E-state index contributed by atoms with van der Waals surface area (Å²) >= 11 is 0. The first-order valence-corrected chi connectivity index (χ1v) is 13.6. The van der Waals surface area contributed by atoms with E-state index in [-0.39, 0.29) is 75.5 Å². The Balaban J connectivity index is 0.00000192. The van der Waals surface area contributed by atoms with Crippen molar-refractivity contribution in [2.75, 3.05) is 0 Å². The molecule has 2 aromatic rings. The molecular weight excluding hydrogens is 657 g/mol. The molecule has 2 unspecified atom stereocenters. The molecule has 1 fully saturated rings. The molecule has 0 amide bonds. The molecule has 2 N–H and O–H groups in total. The number of carboxylic acids is 2. The van der Waals surface area contributed by atoms with Crippen molar-refractivity contribution in [2.45, 2.75) is 90.7 Å². The second-order valence-corrected chi connectivity index (χ2v) is 9.86. The molecule has 15 heteroatoms. The Morgan fingerprint density at radius 2 is 1.09 bits per heavy atom. The van der Waals surface area contributed by atoms with Crippen molar-refractivity contribution in [1.82, 2.24) is 0 Å². The zero-order valence-corrected chi connectivity index (χ0v) is 25.9. The molecule has 1 aliphatic rings. The Morgan fingerprint density at radius 3 is 1.36 bits per heavy atom. The van der Waals surface area contributed by atoms with Crippen LogP contribution in [0.15, 0.2) is 34.3 Å². The Labute approximate surface area is 267 Å². The Hall–Kier alpha value is -3.59. The number of aromatic hydroxyl groups is 2. The topological polar surface area (TPSA) is 145 Å². The molecule has 1 saturated carbocycles. The van der Waals surface area contributed by atoms with Crippen LogP contribution >= 0.6 is 0 Å². The third kappa shape index (κ3) is 14.4. The van der Waals surface area contributed by atoms with Gasteiger partial charge in [-0.05, 0) is 87.8 Å². The van der Waals surface area contributed by atoms with Gasteiger partial charge in [0, 0.05) is 35.5 Å². The monoisotopic (exact) mass is 691 g/mol. The number of carbonyl (C=O) groups excluding carboxylic acids is 2. The van der Waals surface area contributed by atoms with E-state index in [4.69, 9.17) is 19.8 Å². The second-order valence-electron chi connectivity index (χ2n) is 9.86. The number of nitrogens with zero attached hydrogens (tertiary/aromatic N) is 2. The van der Waals surface area contributed by atoms with E-state index in [1.807, 2.05) is 0 Å². The molecule has 0 saturated heterocycles. The van der Waals surface area contributed by atoms with Crippen LogP contribution in [-0.4, -0.2) is 46.7 Å². The third-order valence-corrected chi connectivity index (χ3v) is 6.32. The molecule has 2 aromatic carbocycles. The standard InChI is InChI=1S/C26H28F6N2O2.2C2H4O2.Co/c1-3-15-8-19(25(27,28)29)10-17(23(15)35)13-33-21-6-5-7-22(12-21)34-14-18-11-20(26(30,31)32)9-16(4-2)24(18)36;2*1-2(3)4;/h8-11,13-14,21-22,35-36H,3-7,12H2,1-2H3;2*1H3,(H,3,4);/q;;;+2/p-2. The molecule has 0 aliphatic heterocycles. The van der Waals surface area contributed by atoms with Crippen LogP contribution in [0.1, 0.15) is 86.8 Å². The number of phenols is 2. The van der Waals surface area contributed by atoms with E-state index in [0.717, 1.165) is 38.1 Å². The third-order valence-electron chi connectivity index (χ3n) is 6.32. The zero-order valence-electron chi connectivity index (χ0n) is 24.9. The number of aryl methyl sites for hydroxylation is 2. The van der Waals surface area contributed by atoms with Crippen molar-refractivity contribution in [2.24, 2.45) is 9.98 Å². The smallest absolute Gasteiger partial charge is 0.550 e. The van der Waals surface area contributed by atoms with Gasteiger partial charge in [-0.15, -0.1) is 0 Å². The number of carbonyl (C=O) groups is 2. The van der Waals surface area contributed by atoms with E-state index in [2.05, 4.69) is 9.98 Å². The Morgan fingerprint density at radius 1 is 0.778 bits per heavy atom. The van der Waals surface area contributed by atoms with Crippen LogP contribution in [0.4, 0.5) is 26.3 Å². The first kappa shape index (κ1) is 41.4. The average molecular weight is 692 g/mol. The van der Waals surface area contributed by atoms with Crippen LogP contribution < -0.4 is 10.2 Å². The number of alkyl halides is 6. The zero-order chi connectivity index (χ0) is 33.8. The number of phenolic OH excluding ortho intramolecular Hbond substituents is 2. The van der Waals surface area contributed by atoms with Gasteiger partial charge in [0.2, 0.25) is 0 Å². The van der Waals surface area contributed by atoms with Gasteiger partial charge >= 0.3 is 29.1 Å². The average Bonchev–Trinajstić information content (AvgIpc) is 2.90. The molecular formula is C30H34CoF6N2O6. The maximum Gasteiger partial charge on any atom is 2.00 e. The number of hydrogen-bond donors (Lipinski definition) is 2. The van der Waals surface area contributed by atoms with Crippen molar-refractivity contribution in [3.8, 4) is 11.5 Å². The fraction of sp³-hybridized carbons (Fsp3) is 0.467. The molecule has 3 rings (SSSR count). The summed E-state index contributed by atoms with van der Waals surface area (Å²) in [5.41, 5.74) is -1.43. The van der Waals surface area contributed by atoms with Gasteiger partial charge in [0.25, 0.3) is 0 Å². The molecule has 251 valence electrons. The summed E-state index contributed by atoms with van der Waals surface area (Å²) in [7, 11) is 0. The number of halogens is 6. The van der Waals surface area contributed by atoms with Gasteiger partial charge in [-0.2, -0.15) is 26.3 Å². The molecule has 1 aliphatic carbocycles. The summed E-state index contributed by atoms with van der Waals surface area (Å²) in [6.45, 7) is 5.23. The molecule has 0 spiro atoms. The van der Waals surface area contributed by atoms with Gasteiger partial charge in [-0.1, -0.05) is 13.8 Å². The first-order chi connectivity index (χ1) is 20.3. The predicted molar refractivity (Wildman–Crippen MR) is 148 cm³/mol. The van der Waals surface area contributed by atoms with Crippen LogP contribution in [-0.2, 0) is 51.6 Å². The van der Waals surface area contributed by atoms with Crippen molar-refractivity contribution >= 4 is 24.4 Å². The molecule has 1 radical (unpaired) electrons. The van der Waals surface area contributed by atoms with E-state index in [0.29, 0.717) is 25.7 Å². The number of aliphatic carboxylic acids is 2. The molecule has 0 aromatic heterocycles. The molecule has 2 atom stereocenters. The minimum atomic E-state index is -4.56. The Bertz CT molecular complexity index is 1240. The van der Waals surface area contributed by atoms with E-state index < -0.39 is 35.4 Å². The predicted octanol–water partition coefficient (Wildman–Crippen LogP) is 4.62. The molecule has 45 heavy (non-hydrogen) atoms. The quantitative estimate of drug-likeness (QED) is 0.334. The normalized spacial score (nSPS) is 16.7. The fourth-order valence-corrected chi connectivity index (χ4v) is 4.28. The number of carboxylic acid groups (broad SMARTS) is 2. The van der Waals surface area contributed by atoms with Crippen LogP contribution in [0.2, 0.25) is 0 Å². The van der Waals surface area contributed by atoms with Crippen LogP contribution in [0.5, 0.6) is 11.5 Å². The van der Waals surface area contributed by atoms with Crippen molar-refractivity contribution in [3.63, 3.8) is 0 Å². The fourth-order valence-electron chi connectivity index (χ4n) is 4.28. The summed E-state index contributed by atoms with van der Waals surface area (Å²) in [6, 6.07) is 3.01. The van der Waals surface area contributed by atoms with Gasteiger partial charge in [-0.3, -0.25) is 9.98 Å². The van der Waals surface area contributed by atoms with E-state index in [9.17, 15) is 36.6 Å². The largest absolute Gasteiger partial charge is 2.00 e. The van der Waals surface area contributed by atoms with Gasteiger partial charge in [0.05, 0.1) is 23.2 Å². The van der Waals surface area contributed by atoms with E-state index >= 15 is 0 Å². The maximum absolute atomic E-state index is 13.2. The van der Waals surface area contributed by atoms with E-state index in [1.165, 1.54) is 12.4 Å². The van der Waals surface area contributed by atoms with Crippen LogP contribution in [0.25, 0.3) is 0 Å². The summed E-state index contributed by atoms with van der Waals surface area (Å²) in [5.74, 6) is -2.65. The molecule has 8 nitrogen and oxygen atoms in total. The number of rotatable bonds is 6. The summed E-state index contributed by atoms with van der Waals surface area (Å²) in [4.78, 5) is 26.5.